The molecule has 0 radical (unpaired) electrons. The van der Waals surface area contributed by atoms with Crippen LogP contribution in [0.25, 0.3) is 0 Å². The van der Waals surface area contributed by atoms with E-state index in [9.17, 15) is 24.6 Å². The summed E-state index contributed by atoms with van der Waals surface area (Å²) in [5, 5.41) is 22.0. The van der Waals surface area contributed by atoms with Crippen molar-refractivity contribution in [3.05, 3.63) is 71.8 Å². The van der Waals surface area contributed by atoms with Crippen LogP contribution in [0.3, 0.4) is 0 Å². The Morgan fingerprint density at radius 2 is 1.37 bits per heavy atom. The lowest BCUT2D eigenvalue weighted by Gasteiger charge is -2.35. The Morgan fingerprint density at radius 3 is 1.70 bits per heavy atom. The molecule has 0 saturated heterocycles. The third-order valence-electron chi connectivity index (χ3n) is 4.40. The predicted molar refractivity (Wildman–Crippen MR) is 97.3 cm³/mol. The van der Waals surface area contributed by atoms with E-state index in [4.69, 9.17) is 0 Å². The van der Waals surface area contributed by atoms with Crippen molar-refractivity contribution in [3.8, 4) is 0 Å². The van der Waals surface area contributed by atoms with Crippen LogP contribution in [0.15, 0.2) is 60.7 Å². The van der Waals surface area contributed by atoms with Gasteiger partial charge in [-0.15, -0.1) is 0 Å². The molecular formula is C20H21NO6. The maximum Gasteiger partial charge on any atom is 0.407 e. The lowest BCUT2D eigenvalue weighted by molar-refractivity contribution is -0.159. The molecule has 0 bridgehead atoms. The second-order valence-electron chi connectivity index (χ2n) is 6.19. The molecule has 7 heteroatoms. The summed E-state index contributed by atoms with van der Waals surface area (Å²) in [6.45, 7) is 0. The number of rotatable bonds is 8. The summed E-state index contributed by atoms with van der Waals surface area (Å²) in [6, 6.07) is 15.7. The molecule has 27 heavy (non-hydrogen) atoms. The van der Waals surface area contributed by atoms with Gasteiger partial charge >= 0.3 is 18.0 Å². The third-order valence-corrected chi connectivity index (χ3v) is 4.40. The van der Waals surface area contributed by atoms with Crippen molar-refractivity contribution in [1.29, 1.82) is 0 Å². The highest BCUT2D eigenvalue weighted by molar-refractivity contribution is 5.89. The van der Waals surface area contributed by atoms with Crippen molar-refractivity contribution in [2.75, 3.05) is 7.11 Å². The highest BCUT2D eigenvalue weighted by Crippen LogP contribution is 2.33. The first-order valence-electron chi connectivity index (χ1n) is 8.27. The number of nitrogens with one attached hydrogen (secondary N) is 1. The molecule has 7 nitrogen and oxygen atoms in total. The van der Waals surface area contributed by atoms with Gasteiger partial charge in [0, 0.05) is 0 Å². The van der Waals surface area contributed by atoms with Gasteiger partial charge in [-0.05, 0) is 24.0 Å². The van der Waals surface area contributed by atoms with Crippen molar-refractivity contribution in [2.45, 2.75) is 18.9 Å². The number of hydrogen-bond donors (Lipinski definition) is 3. The van der Waals surface area contributed by atoms with E-state index in [1.54, 1.807) is 60.7 Å². The fourth-order valence-corrected chi connectivity index (χ4v) is 3.07. The molecule has 2 aromatic rings. The molecule has 0 saturated carbocycles. The zero-order chi connectivity index (χ0) is 19.9. The topological polar surface area (TPSA) is 113 Å². The second-order valence-corrected chi connectivity index (χ2v) is 6.19. The van der Waals surface area contributed by atoms with Crippen LogP contribution in [0.2, 0.25) is 0 Å². The monoisotopic (exact) mass is 371 g/mol. The maximum absolute atomic E-state index is 12.4. The van der Waals surface area contributed by atoms with Crippen molar-refractivity contribution >= 4 is 18.0 Å². The first-order chi connectivity index (χ1) is 12.9. The molecule has 0 aliphatic rings. The molecule has 0 aliphatic carbocycles. The summed E-state index contributed by atoms with van der Waals surface area (Å²) >= 11 is 0. The number of amides is 1. The number of carboxylic acids is 2. The molecule has 0 aliphatic heterocycles. The van der Waals surface area contributed by atoms with Crippen LogP contribution in [0, 0.1) is 5.41 Å². The van der Waals surface area contributed by atoms with Crippen molar-refractivity contribution in [1.82, 2.24) is 5.32 Å². The number of hydrogen-bond acceptors (Lipinski definition) is 4. The van der Waals surface area contributed by atoms with E-state index in [2.05, 4.69) is 10.1 Å². The normalized spacial score (nSPS) is 12.0. The Balaban J connectivity index is 2.56. The summed E-state index contributed by atoms with van der Waals surface area (Å²) in [6.07, 6.45) is -1.17. The molecule has 2 aromatic carbocycles. The summed E-state index contributed by atoms with van der Waals surface area (Å²) in [5.74, 6) is -2.77. The Hall–Kier alpha value is -3.35. The van der Waals surface area contributed by atoms with Gasteiger partial charge < -0.3 is 20.3 Å². The summed E-state index contributed by atoms with van der Waals surface area (Å²) in [5.41, 5.74) is -0.523. The van der Waals surface area contributed by atoms with E-state index in [0.717, 1.165) is 7.11 Å². The van der Waals surface area contributed by atoms with Crippen LogP contribution in [0.1, 0.15) is 11.1 Å². The standard InChI is InChI=1S/C20H21NO6/c1-27-19(26)21-16(17(22)23)20(18(24)25,12-14-8-4-2-5-9-14)13-15-10-6-3-7-11-15/h2-11,16H,12-13H2,1H3,(H,21,26)(H,22,23)(H,24,25)/t16-/m1/s1. The minimum Gasteiger partial charge on any atom is -0.481 e. The Labute approximate surface area is 156 Å². The van der Waals surface area contributed by atoms with E-state index >= 15 is 0 Å². The average Bonchev–Trinajstić information content (AvgIpc) is 2.66. The molecule has 0 heterocycles. The first-order valence-corrected chi connectivity index (χ1v) is 8.27. The molecule has 1 atom stereocenters. The highest BCUT2D eigenvalue weighted by atomic mass is 16.5. The zero-order valence-corrected chi connectivity index (χ0v) is 14.8. The quantitative estimate of drug-likeness (QED) is 0.656. The fraction of sp³-hybridized carbons (Fsp3) is 0.250. The van der Waals surface area contributed by atoms with E-state index < -0.39 is 29.5 Å². The Bertz CT molecular complexity index is 749. The molecule has 1 amide bonds. The van der Waals surface area contributed by atoms with Crippen LogP contribution in [-0.4, -0.2) is 41.4 Å². The van der Waals surface area contributed by atoms with Gasteiger partial charge in [-0.25, -0.2) is 9.59 Å². The maximum atomic E-state index is 12.4. The second kappa shape index (κ2) is 8.84. The smallest absolute Gasteiger partial charge is 0.407 e. The van der Waals surface area contributed by atoms with Gasteiger partial charge in [0.2, 0.25) is 0 Å². The number of alkyl carbamates (subject to hydrolysis) is 1. The van der Waals surface area contributed by atoms with Crippen LogP contribution < -0.4 is 5.32 Å². The number of aliphatic carboxylic acids is 2. The molecule has 0 fully saturated rings. The number of carboxylic acid groups (broad SMARTS) is 2. The van der Waals surface area contributed by atoms with E-state index in [1.807, 2.05) is 0 Å². The minimum atomic E-state index is -1.82. The van der Waals surface area contributed by atoms with Crippen molar-refractivity contribution in [3.63, 3.8) is 0 Å². The van der Waals surface area contributed by atoms with Gasteiger partial charge in [-0.1, -0.05) is 60.7 Å². The average molecular weight is 371 g/mol. The third kappa shape index (κ3) is 4.84. The van der Waals surface area contributed by atoms with Crippen LogP contribution >= 0.6 is 0 Å². The number of benzene rings is 2. The molecule has 142 valence electrons. The first kappa shape index (κ1) is 20.0. The van der Waals surface area contributed by atoms with Gasteiger partial charge in [0.1, 0.15) is 11.5 Å². The fourth-order valence-electron chi connectivity index (χ4n) is 3.07. The molecular weight excluding hydrogens is 350 g/mol. The Kier molecular flexibility index (Phi) is 6.54. The van der Waals surface area contributed by atoms with Gasteiger partial charge in [0.15, 0.2) is 0 Å². The number of carbonyl (C=O) groups is 3. The lowest BCUT2D eigenvalue weighted by Crippen LogP contribution is -2.58. The SMILES string of the molecule is COC(=O)N[C@H](C(=O)O)C(Cc1ccccc1)(Cc1ccccc1)C(=O)O. The summed E-state index contributed by atoms with van der Waals surface area (Å²) < 4.78 is 4.50. The number of ether oxygens (including phenoxy) is 1. The predicted octanol–water partition coefficient (Wildman–Crippen LogP) is 2.35. The van der Waals surface area contributed by atoms with Gasteiger partial charge in [-0.2, -0.15) is 0 Å². The number of methoxy groups -OCH3 is 1. The highest BCUT2D eigenvalue weighted by Gasteiger charge is 2.51. The van der Waals surface area contributed by atoms with Crippen molar-refractivity contribution < 1.29 is 29.3 Å². The Morgan fingerprint density at radius 1 is 0.926 bits per heavy atom. The number of carbonyl (C=O) groups excluding carboxylic acids is 1. The molecule has 0 spiro atoms. The van der Waals surface area contributed by atoms with Gasteiger partial charge in [-0.3, -0.25) is 4.79 Å². The molecule has 0 unspecified atom stereocenters. The summed E-state index contributed by atoms with van der Waals surface area (Å²) in [7, 11) is 1.09. The van der Waals surface area contributed by atoms with E-state index in [1.165, 1.54) is 0 Å². The van der Waals surface area contributed by atoms with Crippen molar-refractivity contribution in [2.24, 2.45) is 5.41 Å². The van der Waals surface area contributed by atoms with Gasteiger partial charge in [0.25, 0.3) is 0 Å². The molecule has 2 rings (SSSR count). The van der Waals surface area contributed by atoms with E-state index in [0.29, 0.717) is 11.1 Å². The minimum absolute atomic E-state index is 0.0843. The lowest BCUT2D eigenvalue weighted by atomic mass is 9.70. The zero-order valence-electron chi connectivity index (χ0n) is 14.8. The molecule has 0 aromatic heterocycles. The largest absolute Gasteiger partial charge is 0.481 e. The molecule has 3 N–H and O–H groups in total. The van der Waals surface area contributed by atoms with E-state index in [-0.39, 0.29) is 12.8 Å². The summed E-state index contributed by atoms with van der Waals surface area (Å²) in [4.78, 5) is 36.1. The van der Waals surface area contributed by atoms with Crippen LogP contribution in [0.4, 0.5) is 4.79 Å². The van der Waals surface area contributed by atoms with Crippen LogP contribution in [0.5, 0.6) is 0 Å². The van der Waals surface area contributed by atoms with Crippen LogP contribution in [-0.2, 0) is 27.2 Å². The van der Waals surface area contributed by atoms with Gasteiger partial charge in [0.05, 0.1) is 7.11 Å².